The molecule has 0 bridgehead atoms. The second-order valence-corrected chi connectivity index (χ2v) is 4.99. The highest BCUT2D eigenvalue weighted by molar-refractivity contribution is 6.30. The van der Waals surface area contributed by atoms with Crippen molar-refractivity contribution < 1.29 is 18.8 Å². The SMILES string of the molecule is COC(=O)c1cc(C(=O)NCCCc2ccc(Cl)cc2)no1. The van der Waals surface area contributed by atoms with Crippen LogP contribution in [0.5, 0.6) is 0 Å². The molecular weight excluding hydrogens is 308 g/mol. The van der Waals surface area contributed by atoms with Gasteiger partial charge in [-0.15, -0.1) is 0 Å². The number of nitrogens with one attached hydrogen (secondary N) is 1. The third-order valence-corrected chi connectivity index (χ3v) is 3.22. The summed E-state index contributed by atoms with van der Waals surface area (Å²) in [5.74, 6) is -1.17. The molecule has 0 atom stereocenters. The van der Waals surface area contributed by atoms with Gasteiger partial charge in [-0.2, -0.15) is 0 Å². The highest BCUT2D eigenvalue weighted by Gasteiger charge is 2.17. The van der Waals surface area contributed by atoms with Gasteiger partial charge in [-0.1, -0.05) is 28.9 Å². The molecule has 0 aliphatic carbocycles. The van der Waals surface area contributed by atoms with Gasteiger partial charge in [-0.25, -0.2) is 4.79 Å². The smallest absolute Gasteiger partial charge is 0.376 e. The molecule has 116 valence electrons. The third kappa shape index (κ3) is 4.33. The molecule has 1 amide bonds. The van der Waals surface area contributed by atoms with E-state index in [9.17, 15) is 9.59 Å². The van der Waals surface area contributed by atoms with Crippen LogP contribution in [0, 0.1) is 0 Å². The fraction of sp³-hybridized carbons (Fsp3) is 0.267. The molecule has 0 spiro atoms. The first-order valence-corrected chi connectivity index (χ1v) is 7.05. The van der Waals surface area contributed by atoms with Crippen molar-refractivity contribution in [1.29, 1.82) is 0 Å². The summed E-state index contributed by atoms with van der Waals surface area (Å²) in [6.07, 6.45) is 1.60. The average Bonchev–Trinajstić information content (AvgIpc) is 3.02. The zero-order valence-electron chi connectivity index (χ0n) is 12.0. The molecule has 0 aliphatic rings. The Balaban J connectivity index is 1.77. The number of carbonyl (C=O) groups is 2. The van der Waals surface area contributed by atoms with Crippen LogP contribution in [0.4, 0.5) is 0 Å². The molecule has 1 aromatic heterocycles. The summed E-state index contributed by atoms with van der Waals surface area (Å²) in [7, 11) is 1.22. The molecule has 0 fully saturated rings. The van der Waals surface area contributed by atoms with Gasteiger partial charge in [0.1, 0.15) is 0 Å². The number of nitrogens with zero attached hydrogens (tertiary/aromatic N) is 1. The Morgan fingerprint density at radius 2 is 2.05 bits per heavy atom. The molecule has 2 aromatic rings. The number of halogens is 1. The van der Waals surface area contributed by atoms with Gasteiger partial charge in [0, 0.05) is 17.6 Å². The van der Waals surface area contributed by atoms with Gasteiger partial charge in [0.15, 0.2) is 5.69 Å². The van der Waals surface area contributed by atoms with Gasteiger partial charge in [0.2, 0.25) is 5.76 Å². The Bertz CT molecular complexity index is 652. The predicted octanol–water partition coefficient (Wildman–Crippen LogP) is 2.48. The topological polar surface area (TPSA) is 81.4 Å². The number of hydrogen-bond donors (Lipinski definition) is 1. The molecule has 22 heavy (non-hydrogen) atoms. The normalized spacial score (nSPS) is 10.3. The van der Waals surface area contributed by atoms with Crippen LogP contribution in [-0.4, -0.2) is 30.7 Å². The number of esters is 1. The first kappa shape index (κ1) is 16.0. The van der Waals surface area contributed by atoms with Gasteiger partial charge in [-0.3, -0.25) is 4.79 Å². The lowest BCUT2D eigenvalue weighted by Gasteiger charge is -2.03. The molecule has 0 aliphatic heterocycles. The summed E-state index contributed by atoms with van der Waals surface area (Å²) in [5.41, 5.74) is 1.19. The number of amides is 1. The molecule has 0 unspecified atom stereocenters. The molecular formula is C15H15ClN2O4. The van der Waals surface area contributed by atoms with Crippen molar-refractivity contribution in [1.82, 2.24) is 10.5 Å². The standard InChI is InChI=1S/C15H15ClN2O4/c1-21-15(20)13-9-12(18-22-13)14(19)17-8-2-3-10-4-6-11(16)7-5-10/h4-7,9H,2-3,8H2,1H3,(H,17,19). The summed E-state index contributed by atoms with van der Waals surface area (Å²) in [6.45, 7) is 0.488. The van der Waals surface area contributed by atoms with Crippen LogP contribution in [0.15, 0.2) is 34.9 Å². The lowest BCUT2D eigenvalue weighted by Crippen LogP contribution is -2.25. The van der Waals surface area contributed by atoms with Gasteiger partial charge in [0.05, 0.1) is 7.11 Å². The van der Waals surface area contributed by atoms with E-state index in [-0.39, 0.29) is 11.5 Å². The number of carbonyl (C=O) groups excluding carboxylic acids is 2. The Hall–Kier alpha value is -2.34. The van der Waals surface area contributed by atoms with Crippen molar-refractivity contribution in [2.45, 2.75) is 12.8 Å². The maximum Gasteiger partial charge on any atom is 0.376 e. The van der Waals surface area contributed by atoms with E-state index in [1.807, 2.05) is 24.3 Å². The maximum atomic E-state index is 11.8. The van der Waals surface area contributed by atoms with Crippen LogP contribution < -0.4 is 5.32 Å². The lowest BCUT2D eigenvalue weighted by atomic mass is 10.1. The molecule has 0 saturated heterocycles. The van der Waals surface area contributed by atoms with Gasteiger partial charge >= 0.3 is 5.97 Å². The minimum Gasteiger partial charge on any atom is -0.463 e. The van der Waals surface area contributed by atoms with E-state index < -0.39 is 11.9 Å². The summed E-state index contributed by atoms with van der Waals surface area (Å²) < 4.78 is 9.20. The predicted molar refractivity (Wildman–Crippen MR) is 79.9 cm³/mol. The number of rotatable bonds is 6. The Kier molecular flexibility index (Phi) is 5.55. The zero-order valence-corrected chi connectivity index (χ0v) is 12.7. The van der Waals surface area contributed by atoms with Crippen molar-refractivity contribution in [3.8, 4) is 0 Å². The molecule has 1 aromatic carbocycles. The van der Waals surface area contributed by atoms with Crippen LogP contribution in [0.25, 0.3) is 0 Å². The van der Waals surface area contributed by atoms with E-state index in [4.69, 9.17) is 16.1 Å². The first-order chi connectivity index (χ1) is 10.6. The zero-order chi connectivity index (χ0) is 15.9. The highest BCUT2D eigenvalue weighted by Crippen LogP contribution is 2.10. The first-order valence-electron chi connectivity index (χ1n) is 6.68. The maximum absolute atomic E-state index is 11.8. The van der Waals surface area contributed by atoms with E-state index >= 15 is 0 Å². The lowest BCUT2D eigenvalue weighted by molar-refractivity contribution is 0.0554. The summed E-state index contributed by atoms with van der Waals surface area (Å²) in [5, 5.41) is 6.94. The quantitative estimate of drug-likeness (QED) is 0.652. The van der Waals surface area contributed by atoms with Crippen LogP contribution in [0.2, 0.25) is 5.02 Å². The van der Waals surface area contributed by atoms with Crippen LogP contribution in [-0.2, 0) is 11.2 Å². The molecule has 1 heterocycles. The number of ether oxygens (including phenoxy) is 1. The average molecular weight is 323 g/mol. The van der Waals surface area contributed by atoms with Crippen molar-refractivity contribution in [2.24, 2.45) is 0 Å². The van der Waals surface area contributed by atoms with Crippen molar-refractivity contribution in [3.63, 3.8) is 0 Å². The van der Waals surface area contributed by atoms with Crippen LogP contribution in [0.1, 0.15) is 33.0 Å². The van der Waals surface area contributed by atoms with Crippen LogP contribution >= 0.6 is 11.6 Å². The molecule has 7 heteroatoms. The number of aryl methyl sites for hydroxylation is 1. The van der Waals surface area contributed by atoms with E-state index in [1.165, 1.54) is 13.2 Å². The molecule has 0 saturated carbocycles. The summed E-state index contributed by atoms with van der Waals surface area (Å²) in [4.78, 5) is 23.0. The monoisotopic (exact) mass is 322 g/mol. The van der Waals surface area contributed by atoms with Crippen molar-refractivity contribution in [3.05, 3.63) is 52.4 Å². The van der Waals surface area contributed by atoms with Crippen molar-refractivity contribution >= 4 is 23.5 Å². The minimum absolute atomic E-state index is 0.0480. The van der Waals surface area contributed by atoms with Gasteiger partial charge < -0.3 is 14.6 Å². The second-order valence-electron chi connectivity index (χ2n) is 4.55. The number of aromatic nitrogens is 1. The number of methoxy groups -OCH3 is 1. The fourth-order valence-corrected chi connectivity index (χ4v) is 1.94. The highest BCUT2D eigenvalue weighted by atomic mass is 35.5. The number of hydrogen-bond acceptors (Lipinski definition) is 5. The minimum atomic E-state index is -0.672. The largest absolute Gasteiger partial charge is 0.463 e. The second kappa shape index (κ2) is 7.61. The van der Waals surface area contributed by atoms with Gasteiger partial charge in [0.25, 0.3) is 5.91 Å². The fourth-order valence-electron chi connectivity index (χ4n) is 1.82. The van der Waals surface area contributed by atoms with E-state index in [2.05, 4.69) is 15.2 Å². The van der Waals surface area contributed by atoms with E-state index in [0.29, 0.717) is 11.6 Å². The van der Waals surface area contributed by atoms with E-state index in [1.54, 1.807) is 0 Å². The Morgan fingerprint density at radius 3 is 2.73 bits per heavy atom. The summed E-state index contributed by atoms with van der Waals surface area (Å²) >= 11 is 5.81. The van der Waals surface area contributed by atoms with E-state index in [0.717, 1.165) is 18.4 Å². The Morgan fingerprint density at radius 1 is 1.32 bits per heavy atom. The molecule has 2 rings (SSSR count). The van der Waals surface area contributed by atoms with Gasteiger partial charge in [-0.05, 0) is 30.5 Å². The summed E-state index contributed by atoms with van der Waals surface area (Å²) in [6, 6.07) is 8.81. The number of benzene rings is 1. The van der Waals surface area contributed by atoms with Crippen LogP contribution in [0.3, 0.4) is 0 Å². The molecule has 0 radical (unpaired) electrons. The van der Waals surface area contributed by atoms with Crippen molar-refractivity contribution in [2.75, 3.05) is 13.7 Å². The Labute approximate surface area is 132 Å². The molecule has 1 N–H and O–H groups in total. The third-order valence-electron chi connectivity index (χ3n) is 2.97. The molecule has 6 nitrogen and oxygen atoms in total.